The number of rotatable bonds is 0. The summed E-state index contributed by atoms with van der Waals surface area (Å²) in [6.45, 7) is 0. The Bertz CT molecular complexity index is 30.5. The van der Waals surface area contributed by atoms with Crippen LogP contribution in [0.25, 0.3) is 0 Å². The van der Waals surface area contributed by atoms with Crippen molar-refractivity contribution in [3.8, 4) is 0 Å². The topological polar surface area (TPSA) is 89.0 Å². The third-order valence-corrected chi connectivity index (χ3v) is 0. The third-order valence-electron chi connectivity index (χ3n) is 0. The van der Waals surface area contributed by atoms with Crippen LogP contribution in [0.4, 0.5) is 0 Å². The first kappa shape index (κ1) is 15.8. The van der Waals surface area contributed by atoms with Crippen molar-refractivity contribution >= 4 is 14.5 Å². The molecule has 0 atom stereocenters. The van der Waals surface area contributed by atoms with E-state index in [1.165, 1.54) is 0 Å². The molecule has 4 nitrogen and oxygen atoms in total. The molecule has 6 heteroatoms. The van der Waals surface area contributed by atoms with Gasteiger partial charge in [0.15, 0.2) is 0 Å². The molecule has 0 rings (SSSR count). The zero-order chi connectivity index (χ0) is 3.58. The van der Waals surface area contributed by atoms with Crippen molar-refractivity contribution in [3.63, 3.8) is 0 Å². The van der Waals surface area contributed by atoms with E-state index in [4.69, 9.17) is 12.2 Å². The summed E-state index contributed by atoms with van der Waals surface area (Å²) < 4.78 is 23.1. The molecule has 0 aliphatic heterocycles. The van der Waals surface area contributed by atoms with E-state index in [0.29, 0.717) is 0 Å². The van der Waals surface area contributed by atoms with Gasteiger partial charge in [-0.2, -0.15) is 0 Å². The minimum atomic E-state index is -3.29. The first-order valence-electron chi connectivity index (χ1n) is 0.532. The molecule has 0 aromatic carbocycles. The Morgan fingerprint density at radius 1 is 1.33 bits per heavy atom. The second kappa shape index (κ2) is 9.27. The predicted molar refractivity (Wildman–Crippen MR) is 14.5 cm³/mol. The average Bonchev–Trinajstić information content (AvgIpc) is 0.811. The molecule has 0 radical (unpaired) electrons. The van der Waals surface area contributed by atoms with Crippen LogP contribution in [0.3, 0.4) is 0 Å². The Morgan fingerprint density at radius 3 is 1.33 bits per heavy atom. The summed E-state index contributed by atoms with van der Waals surface area (Å²) in [4.78, 5) is 0. The predicted octanol–water partition coefficient (Wildman–Crippen LogP) is -2.44. The van der Waals surface area contributed by atoms with Gasteiger partial charge in [0.2, 0.25) is 0 Å². The molecule has 0 saturated carbocycles. The molecule has 0 heterocycles. The molecule has 0 unspecified atom stereocenters. The Kier molecular flexibility index (Phi) is 24.5. The fourth-order valence-corrected chi connectivity index (χ4v) is 0. The van der Waals surface area contributed by atoms with Crippen molar-refractivity contribution in [1.29, 1.82) is 0 Å². The SMILES string of the molecule is O.O=[Se](O)O.[Zn]. The number of hydrogen-bond acceptors (Lipinski definition) is 1. The summed E-state index contributed by atoms with van der Waals surface area (Å²) in [7, 11) is 0. The minimum absolute atomic E-state index is 0. The Hall–Kier alpha value is 0.823. The minimum Gasteiger partial charge on any atom is 0 e. The summed E-state index contributed by atoms with van der Waals surface area (Å²) in [5.41, 5.74) is 0. The molecule has 0 aromatic heterocycles. The Balaban J connectivity index is -0.0000000450. The maximum absolute atomic E-state index is 8.76. The van der Waals surface area contributed by atoms with E-state index in [1.807, 2.05) is 0 Å². The van der Waals surface area contributed by atoms with E-state index in [1.54, 1.807) is 0 Å². The molecule has 0 amide bonds. The molecule has 0 aliphatic carbocycles. The van der Waals surface area contributed by atoms with Crippen LogP contribution in [0.1, 0.15) is 0 Å². The maximum atomic E-state index is 8.76. The summed E-state index contributed by atoms with van der Waals surface area (Å²) in [6, 6.07) is 0. The van der Waals surface area contributed by atoms with E-state index < -0.39 is 14.5 Å². The van der Waals surface area contributed by atoms with Crippen LogP contribution >= 0.6 is 0 Å². The quantitative estimate of drug-likeness (QED) is 0.437. The van der Waals surface area contributed by atoms with E-state index in [2.05, 4.69) is 0 Å². The molecular weight excluding hydrogens is 208 g/mol. The van der Waals surface area contributed by atoms with Gasteiger partial charge in [-0.15, -0.1) is 0 Å². The maximum Gasteiger partial charge on any atom is 0 e. The van der Waals surface area contributed by atoms with Crippen molar-refractivity contribution in [2.75, 3.05) is 0 Å². The van der Waals surface area contributed by atoms with E-state index in [0.717, 1.165) is 0 Å². The smallest absolute Gasteiger partial charge is 0 e. The zero-order valence-electron chi connectivity index (χ0n) is 2.92. The van der Waals surface area contributed by atoms with Crippen LogP contribution in [0.15, 0.2) is 0 Å². The molecule has 36 valence electrons. The van der Waals surface area contributed by atoms with Crippen molar-refractivity contribution in [3.05, 3.63) is 0 Å². The van der Waals surface area contributed by atoms with Crippen molar-refractivity contribution < 1.29 is 37.2 Å². The van der Waals surface area contributed by atoms with Crippen LogP contribution < -0.4 is 0 Å². The standard InChI is InChI=1S/H2O3Se.H2O.Zn/c1-4(2)3;;/h(H2,1,2,3);1H2;. The monoisotopic (exact) mass is 212 g/mol. The Labute approximate surface area is 52.0 Å². The van der Waals surface area contributed by atoms with Crippen LogP contribution in [0.5, 0.6) is 0 Å². The van der Waals surface area contributed by atoms with Crippen LogP contribution in [-0.4, -0.2) is 28.3 Å². The second-order valence-corrected chi connectivity index (χ2v) is 1.20. The summed E-state index contributed by atoms with van der Waals surface area (Å²) in [6.07, 6.45) is 0. The van der Waals surface area contributed by atoms with E-state index >= 15 is 0 Å². The van der Waals surface area contributed by atoms with Crippen LogP contribution in [0.2, 0.25) is 0 Å². The van der Waals surface area contributed by atoms with Crippen molar-refractivity contribution in [2.45, 2.75) is 0 Å². The fourth-order valence-electron chi connectivity index (χ4n) is 0. The molecule has 0 bridgehead atoms. The summed E-state index contributed by atoms with van der Waals surface area (Å²) in [5, 5.41) is 0. The molecule has 0 aliphatic rings. The van der Waals surface area contributed by atoms with Gasteiger partial charge in [-0.25, -0.2) is 0 Å². The van der Waals surface area contributed by atoms with Gasteiger partial charge in [0, 0.05) is 19.5 Å². The van der Waals surface area contributed by atoms with Gasteiger partial charge in [-0.3, -0.25) is 0 Å². The van der Waals surface area contributed by atoms with Crippen LogP contribution in [-0.2, 0) is 23.3 Å². The van der Waals surface area contributed by atoms with Gasteiger partial charge in [0.1, 0.15) is 0 Å². The van der Waals surface area contributed by atoms with Gasteiger partial charge in [-0.05, 0) is 0 Å². The van der Waals surface area contributed by atoms with Gasteiger partial charge in [-0.1, -0.05) is 0 Å². The van der Waals surface area contributed by atoms with Gasteiger partial charge >= 0.3 is 26.7 Å². The van der Waals surface area contributed by atoms with Crippen molar-refractivity contribution in [2.24, 2.45) is 0 Å². The molecule has 0 saturated heterocycles. The van der Waals surface area contributed by atoms with Crippen molar-refractivity contribution in [1.82, 2.24) is 0 Å². The molecular formula is H4O4SeZn. The average molecular weight is 212 g/mol. The van der Waals surface area contributed by atoms with E-state index in [-0.39, 0.29) is 25.0 Å². The molecule has 0 spiro atoms. The molecule has 6 heavy (non-hydrogen) atoms. The summed E-state index contributed by atoms with van der Waals surface area (Å²) >= 11 is -3.29. The van der Waals surface area contributed by atoms with Crippen LogP contribution in [0, 0.1) is 0 Å². The summed E-state index contributed by atoms with van der Waals surface area (Å²) in [5.74, 6) is 0. The first-order chi connectivity index (χ1) is 1.73. The number of hydrogen-bond donors (Lipinski definition) is 2. The molecule has 0 aromatic rings. The normalized spacial score (nSPS) is 5.83. The van der Waals surface area contributed by atoms with Gasteiger partial charge in [0.05, 0.1) is 0 Å². The molecule has 4 N–H and O–H groups in total. The fraction of sp³-hybridized carbons (Fsp3) is 0. The zero-order valence-corrected chi connectivity index (χ0v) is 7.60. The Morgan fingerprint density at radius 2 is 1.33 bits per heavy atom. The van der Waals surface area contributed by atoms with Gasteiger partial charge in [0.25, 0.3) is 0 Å². The molecule has 0 fully saturated rings. The van der Waals surface area contributed by atoms with Gasteiger partial charge < -0.3 is 5.48 Å². The largest absolute Gasteiger partial charge is 0 e. The first-order valence-corrected chi connectivity index (χ1v) is 2.76. The van der Waals surface area contributed by atoms with E-state index in [9.17, 15) is 0 Å². The second-order valence-electron chi connectivity index (χ2n) is 0.231. The third kappa shape index (κ3) is 104.